The Hall–Kier alpha value is -2.03. The monoisotopic (exact) mass is 307 g/mol. The maximum absolute atomic E-state index is 13.8. The lowest BCUT2D eigenvalue weighted by atomic mass is 10.2. The van der Waals surface area contributed by atoms with Crippen LogP contribution in [0.1, 0.15) is 16.8 Å². The molecule has 0 unspecified atom stereocenters. The van der Waals surface area contributed by atoms with Crippen LogP contribution in [0, 0.1) is 11.6 Å². The van der Waals surface area contributed by atoms with Gasteiger partial charge in [-0.1, -0.05) is 0 Å². The van der Waals surface area contributed by atoms with Crippen molar-refractivity contribution < 1.29 is 31.9 Å². The van der Waals surface area contributed by atoms with Crippen molar-refractivity contribution in [1.82, 2.24) is 5.32 Å². The molecule has 0 radical (unpaired) electrons. The Morgan fingerprint density at radius 3 is 2.40 bits per heavy atom. The minimum Gasteiger partial charge on any atom is -0.477 e. The van der Waals surface area contributed by atoms with Crippen molar-refractivity contribution in [2.45, 2.75) is 11.3 Å². The van der Waals surface area contributed by atoms with Gasteiger partial charge in [0.15, 0.2) is 15.7 Å². The van der Waals surface area contributed by atoms with Crippen molar-refractivity contribution in [1.29, 1.82) is 0 Å². The largest absolute Gasteiger partial charge is 0.477 e. The third-order valence-electron chi connectivity index (χ3n) is 2.48. The maximum atomic E-state index is 13.8. The zero-order valence-electron chi connectivity index (χ0n) is 10.3. The highest BCUT2D eigenvalue weighted by Crippen LogP contribution is 2.22. The van der Waals surface area contributed by atoms with E-state index in [2.05, 4.69) is 5.32 Å². The van der Waals surface area contributed by atoms with Gasteiger partial charge in [-0.2, -0.15) is 0 Å². The minimum atomic E-state index is -4.23. The highest BCUT2D eigenvalue weighted by molar-refractivity contribution is 7.91. The SMILES string of the molecule is CNC(=O)CCS(=O)(=O)c1ccc(F)c(C(=O)O)c1F. The Bertz CT molecular complexity index is 657. The summed E-state index contributed by atoms with van der Waals surface area (Å²) in [5, 5.41) is 10.8. The molecule has 0 atom stereocenters. The molecule has 0 aliphatic heterocycles. The number of carbonyl (C=O) groups is 2. The van der Waals surface area contributed by atoms with Crippen LogP contribution in [-0.4, -0.2) is 38.2 Å². The van der Waals surface area contributed by atoms with Crippen molar-refractivity contribution in [3.8, 4) is 0 Å². The number of aromatic carboxylic acids is 1. The lowest BCUT2D eigenvalue weighted by Crippen LogP contribution is -2.22. The van der Waals surface area contributed by atoms with Gasteiger partial charge in [0.05, 0.1) is 5.75 Å². The standard InChI is InChI=1S/C11H11F2NO5S/c1-14-8(15)4-5-20(18,19)7-3-2-6(12)9(10(7)13)11(16)17/h2-3H,4-5H2,1H3,(H,14,15)(H,16,17). The van der Waals surface area contributed by atoms with E-state index in [9.17, 15) is 26.8 Å². The number of carboxylic acid groups (broad SMARTS) is 1. The van der Waals surface area contributed by atoms with Crippen LogP contribution in [0.3, 0.4) is 0 Å². The molecule has 110 valence electrons. The van der Waals surface area contributed by atoms with Crippen LogP contribution < -0.4 is 5.32 Å². The molecule has 0 aliphatic carbocycles. The topological polar surface area (TPSA) is 101 Å². The molecule has 1 rings (SSSR count). The number of hydrogen-bond acceptors (Lipinski definition) is 4. The molecule has 1 aromatic carbocycles. The summed E-state index contributed by atoms with van der Waals surface area (Å²) in [6.07, 6.45) is -0.419. The quantitative estimate of drug-likeness (QED) is 0.775. The van der Waals surface area contributed by atoms with Crippen molar-refractivity contribution in [3.63, 3.8) is 0 Å². The fraction of sp³-hybridized carbons (Fsp3) is 0.273. The normalized spacial score (nSPS) is 11.2. The Morgan fingerprint density at radius 1 is 1.30 bits per heavy atom. The number of sulfone groups is 1. The van der Waals surface area contributed by atoms with E-state index in [4.69, 9.17) is 5.11 Å². The second kappa shape index (κ2) is 5.95. The first-order valence-electron chi connectivity index (χ1n) is 5.35. The summed E-state index contributed by atoms with van der Waals surface area (Å²) in [6, 6.07) is 1.19. The fourth-order valence-electron chi connectivity index (χ4n) is 1.43. The molecule has 0 spiro atoms. The zero-order valence-corrected chi connectivity index (χ0v) is 11.1. The third-order valence-corrected chi connectivity index (χ3v) is 4.21. The highest BCUT2D eigenvalue weighted by Gasteiger charge is 2.27. The molecule has 0 bridgehead atoms. The molecule has 0 fully saturated rings. The Labute approximate surface area is 113 Å². The predicted octanol–water partition coefficient (Wildman–Crippen LogP) is 0.573. The lowest BCUT2D eigenvalue weighted by molar-refractivity contribution is -0.120. The number of amides is 1. The van der Waals surface area contributed by atoms with E-state index in [0.29, 0.717) is 12.1 Å². The summed E-state index contributed by atoms with van der Waals surface area (Å²) in [5.74, 6) is -6.25. The highest BCUT2D eigenvalue weighted by atomic mass is 32.2. The van der Waals surface area contributed by atoms with Crippen molar-refractivity contribution in [2.24, 2.45) is 0 Å². The van der Waals surface area contributed by atoms with Crippen LogP contribution >= 0.6 is 0 Å². The van der Waals surface area contributed by atoms with E-state index < -0.39 is 56.0 Å². The van der Waals surface area contributed by atoms with E-state index in [0.717, 1.165) is 0 Å². The number of nitrogens with one attached hydrogen (secondary N) is 1. The van der Waals surface area contributed by atoms with Gasteiger partial charge in [0.1, 0.15) is 16.3 Å². The van der Waals surface area contributed by atoms with E-state index in [1.165, 1.54) is 7.05 Å². The number of benzene rings is 1. The van der Waals surface area contributed by atoms with Crippen LogP contribution in [0.4, 0.5) is 8.78 Å². The molecule has 0 aliphatic rings. The van der Waals surface area contributed by atoms with Gasteiger partial charge >= 0.3 is 5.97 Å². The predicted molar refractivity (Wildman–Crippen MR) is 64.1 cm³/mol. The number of carboxylic acids is 1. The number of hydrogen-bond donors (Lipinski definition) is 2. The molecular weight excluding hydrogens is 296 g/mol. The van der Waals surface area contributed by atoms with E-state index in [1.54, 1.807) is 0 Å². The van der Waals surface area contributed by atoms with Gasteiger partial charge in [0.2, 0.25) is 5.91 Å². The van der Waals surface area contributed by atoms with E-state index in [-0.39, 0.29) is 0 Å². The molecule has 0 saturated heterocycles. The van der Waals surface area contributed by atoms with E-state index >= 15 is 0 Å². The van der Waals surface area contributed by atoms with Crippen molar-refractivity contribution >= 4 is 21.7 Å². The summed E-state index contributed by atoms with van der Waals surface area (Å²) in [5.41, 5.74) is -1.34. The van der Waals surface area contributed by atoms with Gasteiger partial charge in [-0.3, -0.25) is 4.79 Å². The van der Waals surface area contributed by atoms with E-state index in [1.807, 2.05) is 0 Å². The minimum absolute atomic E-state index is 0.419. The average molecular weight is 307 g/mol. The molecule has 2 N–H and O–H groups in total. The van der Waals surface area contributed by atoms with Gasteiger partial charge in [0, 0.05) is 13.5 Å². The second-order valence-corrected chi connectivity index (χ2v) is 5.86. The molecule has 1 amide bonds. The van der Waals surface area contributed by atoms with Gasteiger partial charge in [0.25, 0.3) is 0 Å². The number of rotatable bonds is 5. The molecule has 9 heteroatoms. The molecule has 6 nitrogen and oxygen atoms in total. The molecular formula is C11H11F2NO5S. The Balaban J connectivity index is 3.23. The van der Waals surface area contributed by atoms with Crippen LogP contribution in [0.5, 0.6) is 0 Å². The number of halogens is 2. The Morgan fingerprint density at radius 2 is 1.90 bits per heavy atom. The van der Waals surface area contributed by atoms with Crippen LogP contribution in [0.25, 0.3) is 0 Å². The molecule has 0 saturated carbocycles. The zero-order chi connectivity index (χ0) is 15.5. The van der Waals surface area contributed by atoms with Gasteiger partial charge in [-0.05, 0) is 12.1 Å². The second-order valence-electron chi connectivity index (χ2n) is 3.78. The summed E-state index contributed by atoms with van der Waals surface area (Å²) < 4.78 is 50.6. The number of carbonyl (C=O) groups excluding carboxylic acids is 1. The maximum Gasteiger partial charge on any atom is 0.341 e. The molecule has 20 heavy (non-hydrogen) atoms. The van der Waals surface area contributed by atoms with Crippen LogP contribution in [0.15, 0.2) is 17.0 Å². The summed E-state index contributed by atoms with van der Waals surface area (Å²) in [7, 11) is -2.93. The molecule has 0 heterocycles. The fourth-order valence-corrected chi connectivity index (χ4v) is 2.76. The smallest absolute Gasteiger partial charge is 0.341 e. The first-order valence-corrected chi connectivity index (χ1v) is 7.00. The first kappa shape index (κ1) is 16.0. The summed E-state index contributed by atoms with van der Waals surface area (Å²) >= 11 is 0. The van der Waals surface area contributed by atoms with Crippen LogP contribution in [-0.2, 0) is 14.6 Å². The van der Waals surface area contributed by atoms with Gasteiger partial charge in [-0.15, -0.1) is 0 Å². The summed E-state index contributed by atoms with van der Waals surface area (Å²) in [6.45, 7) is 0. The summed E-state index contributed by atoms with van der Waals surface area (Å²) in [4.78, 5) is 20.7. The lowest BCUT2D eigenvalue weighted by Gasteiger charge is -2.08. The third kappa shape index (κ3) is 3.29. The average Bonchev–Trinajstić information content (AvgIpc) is 2.35. The van der Waals surface area contributed by atoms with Crippen molar-refractivity contribution in [3.05, 3.63) is 29.3 Å². The molecule has 0 aromatic heterocycles. The molecule has 1 aromatic rings. The van der Waals surface area contributed by atoms with Crippen LogP contribution in [0.2, 0.25) is 0 Å². The van der Waals surface area contributed by atoms with Gasteiger partial charge < -0.3 is 10.4 Å². The first-order chi connectivity index (χ1) is 9.20. The van der Waals surface area contributed by atoms with Crippen molar-refractivity contribution in [2.75, 3.05) is 12.8 Å². The Kier molecular flexibility index (Phi) is 4.77. The van der Waals surface area contributed by atoms with Gasteiger partial charge in [-0.25, -0.2) is 22.0 Å².